The first-order chi connectivity index (χ1) is 8.36. The minimum absolute atomic E-state index is 0.324. The first kappa shape index (κ1) is 13.9. The van der Waals surface area contributed by atoms with Gasteiger partial charge in [-0.3, -0.25) is 0 Å². The summed E-state index contributed by atoms with van der Waals surface area (Å²) < 4.78 is 5.80. The largest absolute Gasteiger partial charge is 0.373 e. The Bertz CT molecular complexity index is 302. The van der Waals surface area contributed by atoms with Crippen LogP contribution in [0.1, 0.15) is 25.3 Å². The van der Waals surface area contributed by atoms with Crippen molar-refractivity contribution in [1.29, 1.82) is 0 Å². The van der Waals surface area contributed by atoms with Crippen LogP contribution >= 0.6 is 0 Å². The molecule has 1 aromatic rings. The van der Waals surface area contributed by atoms with Crippen LogP contribution in [0.25, 0.3) is 6.08 Å². The topological polar surface area (TPSA) is 21.3 Å². The van der Waals surface area contributed by atoms with Gasteiger partial charge in [-0.1, -0.05) is 55.8 Å². The molecule has 0 saturated carbocycles. The van der Waals surface area contributed by atoms with Crippen LogP contribution in [-0.2, 0) is 4.74 Å². The molecule has 2 heteroatoms. The number of benzene rings is 1. The van der Waals surface area contributed by atoms with Crippen molar-refractivity contribution in [3.8, 4) is 0 Å². The number of ether oxygens (including phenoxy) is 1. The molecule has 0 amide bonds. The zero-order valence-electron chi connectivity index (χ0n) is 10.9. The van der Waals surface area contributed by atoms with E-state index in [2.05, 4.69) is 36.5 Å². The van der Waals surface area contributed by atoms with Crippen molar-refractivity contribution in [1.82, 2.24) is 5.32 Å². The van der Waals surface area contributed by atoms with Crippen LogP contribution in [0.15, 0.2) is 36.4 Å². The third-order valence-electron chi connectivity index (χ3n) is 2.58. The van der Waals surface area contributed by atoms with Gasteiger partial charge in [-0.15, -0.1) is 0 Å². The summed E-state index contributed by atoms with van der Waals surface area (Å²) in [7, 11) is 1.96. The van der Waals surface area contributed by atoms with Gasteiger partial charge in [0, 0.05) is 6.54 Å². The predicted octanol–water partition coefficient (Wildman–Crippen LogP) is 3.10. The molecule has 1 N–H and O–H groups in total. The molecule has 0 saturated heterocycles. The third-order valence-corrected chi connectivity index (χ3v) is 2.58. The smallest absolute Gasteiger partial charge is 0.0703 e. The average Bonchev–Trinajstić information content (AvgIpc) is 2.36. The van der Waals surface area contributed by atoms with Gasteiger partial charge < -0.3 is 10.1 Å². The second-order valence-corrected chi connectivity index (χ2v) is 4.11. The van der Waals surface area contributed by atoms with Gasteiger partial charge in [0.1, 0.15) is 0 Å². The minimum Gasteiger partial charge on any atom is -0.373 e. The summed E-state index contributed by atoms with van der Waals surface area (Å²) in [5, 5.41) is 3.16. The van der Waals surface area contributed by atoms with Gasteiger partial charge in [-0.05, 0) is 19.0 Å². The summed E-state index contributed by atoms with van der Waals surface area (Å²) in [6.45, 7) is 3.79. The second kappa shape index (κ2) is 8.97. The highest BCUT2D eigenvalue weighted by Gasteiger charge is 2.04. The van der Waals surface area contributed by atoms with Crippen molar-refractivity contribution in [2.24, 2.45) is 0 Å². The molecule has 0 aromatic heterocycles. The quantitative estimate of drug-likeness (QED) is 0.745. The van der Waals surface area contributed by atoms with E-state index in [1.807, 2.05) is 25.2 Å². The Balaban J connectivity index is 2.28. The third kappa shape index (κ3) is 6.25. The van der Waals surface area contributed by atoms with Crippen molar-refractivity contribution in [2.75, 3.05) is 20.2 Å². The molecule has 0 aliphatic heterocycles. The van der Waals surface area contributed by atoms with E-state index in [4.69, 9.17) is 4.74 Å². The van der Waals surface area contributed by atoms with E-state index >= 15 is 0 Å². The molecule has 94 valence electrons. The highest BCUT2D eigenvalue weighted by molar-refractivity contribution is 5.48. The lowest BCUT2D eigenvalue weighted by molar-refractivity contribution is 0.0688. The molecule has 0 radical (unpaired) electrons. The molecule has 1 atom stereocenters. The summed E-state index contributed by atoms with van der Waals surface area (Å²) in [6.07, 6.45) is 6.77. The van der Waals surface area contributed by atoms with Crippen molar-refractivity contribution < 1.29 is 4.74 Å². The monoisotopic (exact) mass is 233 g/mol. The van der Waals surface area contributed by atoms with Gasteiger partial charge in [0.2, 0.25) is 0 Å². The van der Waals surface area contributed by atoms with Gasteiger partial charge >= 0.3 is 0 Å². The van der Waals surface area contributed by atoms with Crippen LogP contribution in [0.3, 0.4) is 0 Å². The van der Waals surface area contributed by atoms with Crippen molar-refractivity contribution in [3.05, 3.63) is 42.0 Å². The zero-order chi connectivity index (χ0) is 12.3. The lowest BCUT2D eigenvalue weighted by Gasteiger charge is -2.15. The van der Waals surface area contributed by atoms with E-state index in [1.54, 1.807) is 0 Å². The summed E-state index contributed by atoms with van der Waals surface area (Å²) in [6, 6.07) is 10.3. The Morgan fingerprint density at radius 1 is 1.29 bits per heavy atom. The SMILES string of the molecule is CCCC(CNC)OC/C=C/c1ccccc1. The molecule has 17 heavy (non-hydrogen) atoms. The summed E-state index contributed by atoms with van der Waals surface area (Å²) >= 11 is 0. The second-order valence-electron chi connectivity index (χ2n) is 4.11. The van der Waals surface area contributed by atoms with Crippen LogP contribution < -0.4 is 5.32 Å². The van der Waals surface area contributed by atoms with Crippen LogP contribution in [0.2, 0.25) is 0 Å². The van der Waals surface area contributed by atoms with Crippen molar-refractivity contribution in [3.63, 3.8) is 0 Å². The fraction of sp³-hybridized carbons (Fsp3) is 0.467. The van der Waals surface area contributed by atoms with Crippen LogP contribution in [0.5, 0.6) is 0 Å². The Morgan fingerprint density at radius 2 is 2.06 bits per heavy atom. The molecule has 1 aromatic carbocycles. The van der Waals surface area contributed by atoms with Gasteiger partial charge in [0.05, 0.1) is 12.7 Å². The van der Waals surface area contributed by atoms with Crippen LogP contribution in [0.4, 0.5) is 0 Å². The maximum atomic E-state index is 5.80. The molecule has 0 aliphatic rings. The summed E-state index contributed by atoms with van der Waals surface area (Å²) in [5.74, 6) is 0. The van der Waals surface area contributed by atoms with E-state index in [0.29, 0.717) is 12.7 Å². The fourth-order valence-electron chi connectivity index (χ4n) is 1.73. The lowest BCUT2D eigenvalue weighted by Crippen LogP contribution is -2.26. The minimum atomic E-state index is 0.324. The fourth-order valence-corrected chi connectivity index (χ4v) is 1.73. The number of rotatable bonds is 8. The lowest BCUT2D eigenvalue weighted by atomic mass is 10.2. The molecular weight excluding hydrogens is 210 g/mol. The van der Waals surface area contributed by atoms with E-state index in [1.165, 1.54) is 5.56 Å². The Hall–Kier alpha value is -1.12. The highest BCUT2D eigenvalue weighted by Crippen LogP contribution is 2.03. The normalized spacial score (nSPS) is 13.1. The van der Waals surface area contributed by atoms with Gasteiger partial charge in [0.25, 0.3) is 0 Å². The number of hydrogen-bond donors (Lipinski definition) is 1. The first-order valence-corrected chi connectivity index (χ1v) is 6.34. The number of likely N-dealkylation sites (N-methyl/N-ethyl adjacent to an activating group) is 1. The Labute approximate surface area is 105 Å². The molecule has 0 spiro atoms. The van der Waals surface area contributed by atoms with Crippen molar-refractivity contribution >= 4 is 6.08 Å². The molecule has 0 aliphatic carbocycles. The Kier molecular flexibility index (Phi) is 7.35. The average molecular weight is 233 g/mol. The molecule has 2 nitrogen and oxygen atoms in total. The van der Waals surface area contributed by atoms with Crippen molar-refractivity contribution in [2.45, 2.75) is 25.9 Å². The molecule has 1 unspecified atom stereocenters. The van der Waals surface area contributed by atoms with Gasteiger partial charge in [0.15, 0.2) is 0 Å². The van der Waals surface area contributed by atoms with E-state index in [-0.39, 0.29) is 0 Å². The van der Waals surface area contributed by atoms with Gasteiger partial charge in [-0.25, -0.2) is 0 Å². The zero-order valence-corrected chi connectivity index (χ0v) is 10.9. The van der Waals surface area contributed by atoms with E-state index in [0.717, 1.165) is 19.4 Å². The molecule has 0 fully saturated rings. The predicted molar refractivity (Wildman–Crippen MR) is 74.1 cm³/mol. The summed E-state index contributed by atoms with van der Waals surface area (Å²) in [5.41, 5.74) is 1.22. The molecule has 0 heterocycles. The standard InChI is InChI=1S/C15H23NO/c1-3-8-15(13-16-2)17-12-7-11-14-9-5-4-6-10-14/h4-7,9-11,15-16H,3,8,12-13H2,1-2H3/b11-7+. The maximum Gasteiger partial charge on any atom is 0.0703 e. The number of hydrogen-bond acceptors (Lipinski definition) is 2. The molecule has 0 bridgehead atoms. The molecular formula is C15H23NO. The Morgan fingerprint density at radius 3 is 2.71 bits per heavy atom. The van der Waals surface area contributed by atoms with Gasteiger partial charge in [-0.2, -0.15) is 0 Å². The molecule has 1 rings (SSSR count). The van der Waals surface area contributed by atoms with Crippen LogP contribution in [-0.4, -0.2) is 26.3 Å². The van der Waals surface area contributed by atoms with Crippen LogP contribution in [0, 0.1) is 0 Å². The first-order valence-electron chi connectivity index (χ1n) is 6.34. The van der Waals surface area contributed by atoms with E-state index in [9.17, 15) is 0 Å². The number of nitrogens with one attached hydrogen (secondary N) is 1. The summed E-state index contributed by atoms with van der Waals surface area (Å²) in [4.78, 5) is 0. The highest BCUT2D eigenvalue weighted by atomic mass is 16.5. The van der Waals surface area contributed by atoms with E-state index < -0.39 is 0 Å². The maximum absolute atomic E-state index is 5.80.